The van der Waals surface area contributed by atoms with Crippen molar-refractivity contribution in [3.8, 4) is 5.88 Å². The number of benzene rings is 1. The van der Waals surface area contributed by atoms with Gasteiger partial charge in [0, 0.05) is 5.38 Å². The van der Waals surface area contributed by atoms with Crippen LogP contribution in [0, 0.1) is 13.8 Å². The van der Waals surface area contributed by atoms with Gasteiger partial charge in [0.15, 0.2) is 4.90 Å². The van der Waals surface area contributed by atoms with Gasteiger partial charge in [0.25, 0.3) is 15.9 Å². The van der Waals surface area contributed by atoms with Gasteiger partial charge in [-0.2, -0.15) is 13.2 Å². The van der Waals surface area contributed by atoms with Gasteiger partial charge in [-0.05, 0) is 37.1 Å². The molecule has 0 atom stereocenters. The van der Waals surface area contributed by atoms with E-state index in [1.165, 1.54) is 7.11 Å². The van der Waals surface area contributed by atoms with Crippen LogP contribution in [0.5, 0.6) is 5.88 Å². The first-order valence-electron chi connectivity index (χ1n) is 9.02. The number of pyridine rings is 1. The Kier molecular flexibility index (Phi) is 6.46. The third-order valence-corrected chi connectivity index (χ3v) is 6.74. The Balaban J connectivity index is 1.91. The Morgan fingerprint density at radius 2 is 1.81 bits per heavy atom. The van der Waals surface area contributed by atoms with E-state index in [4.69, 9.17) is 4.74 Å². The number of amides is 1. The van der Waals surface area contributed by atoms with Crippen molar-refractivity contribution in [3.63, 3.8) is 0 Å². The number of methoxy groups -OCH3 is 1. The summed E-state index contributed by atoms with van der Waals surface area (Å²) in [6.07, 6.45) is -3.42. The summed E-state index contributed by atoms with van der Waals surface area (Å²) in [6.45, 7) is 3.49. The molecule has 0 saturated heterocycles. The number of anilines is 2. The maximum Gasteiger partial charge on any atom is 0.425 e. The lowest BCUT2D eigenvalue weighted by Crippen LogP contribution is -2.17. The molecular weight excluding hydrogens is 467 g/mol. The topological polar surface area (TPSA) is 97.4 Å². The standard InChI is InChI=1S/C20H18F3N3O4S2/c1-11-5-4-6-12(2)17(11)26-32(28,29)15-8-14(9-24-19(15)30-3)25-18(27)13-7-16(31-10-13)20(21,22)23/h4-10,26H,1-3H3,(H,25,27). The number of carbonyl (C=O) groups excluding carboxylic acids is 1. The number of halogens is 3. The maximum atomic E-state index is 13.0. The summed E-state index contributed by atoms with van der Waals surface area (Å²) >= 11 is 0.385. The molecule has 1 aromatic carbocycles. The van der Waals surface area contributed by atoms with Crippen molar-refractivity contribution >= 4 is 38.6 Å². The van der Waals surface area contributed by atoms with E-state index in [9.17, 15) is 26.4 Å². The zero-order valence-corrected chi connectivity index (χ0v) is 18.7. The molecule has 3 aromatic rings. The van der Waals surface area contributed by atoms with Crippen molar-refractivity contribution in [2.24, 2.45) is 0 Å². The Bertz CT molecular complexity index is 1250. The molecule has 0 unspecified atom stereocenters. The molecule has 3 rings (SSSR count). The van der Waals surface area contributed by atoms with Gasteiger partial charge in [-0.25, -0.2) is 13.4 Å². The van der Waals surface area contributed by atoms with Crippen LogP contribution in [-0.4, -0.2) is 26.4 Å². The average molecular weight is 486 g/mol. The van der Waals surface area contributed by atoms with Crippen LogP contribution in [-0.2, 0) is 16.2 Å². The number of para-hydroxylation sites is 1. The molecule has 0 bridgehead atoms. The fourth-order valence-corrected chi connectivity index (χ4v) is 4.92. The van der Waals surface area contributed by atoms with Gasteiger partial charge in [-0.15, -0.1) is 11.3 Å². The Hall–Kier alpha value is -3.12. The SMILES string of the molecule is COc1ncc(NC(=O)c2csc(C(F)(F)F)c2)cc1S(=O)(=O)Nc1c(C)cccc1C. The number of nitrogens with one attached hydrogen (secondary N) is 2. The van der Waals surface area contributed by atoms with Gasteiger partial charge in [-0.1, -0.05) is 18.2 Å². The fourth-order valence-electron chi connectivity index (χ4n) is 2.82. The van der Waals surface area contributed by atoms with E-state index in [1.54, 1.807) is 32.0 Å². The van der Waals surface area contributed by atoms with Crippen LogP contribution in [0.15, 0.2) is 46.8 Å². The molecule has 1 amide bonds. The maximum absolute atomic E-state index is 13.0. The van der Waals surface area contributed by atoms with Crippen LogP contribution in [0.3, 0.4) is 0 Å². The number of sulfonamides is 1. The molecule has 32 heavy (non-hydrogen) atoms. The van der Waals surface area contributed by atoms with Gasteiger partial charge in [-0.3, -0.25) is 9.52 Å². The first kappa shape index (κ1) is 23.5. The average Bonchev–Trinajstić information content (AvgIpc) is 3.22. The van der Waals surface area contributed by atoms with E-state index in [0.29, 0.717) is 28.2 Å². The Morgan fingerprint density at radius 1 is 1.16 bits per heavy atom. The molecule has 2 aromatic heterocycles. The number of rotatable bonds is 6. The monoisotopic (exact) mass is 485 g/mol. The Morgan fingerprint density at radius 3 is 2.38 bits per heavy atom. The lowest BCUT2D eigenvalue weighted by molar-refractivity contribution is -0.134. The number of carbonyl (C=O) groups is 1. The van der Waals surface area contributed by atoms with E-state index >= 15 is 0 Å². The van der Waals surface area contributed by atoms with E-state index in [2.05, 4.69) is 15.0 Å². The zero-order valence-electron chi connectivity index (χ0n) is 17.1. The summed E-state index contributed by atoms with van der Waals surface area (Å²) in [6, 6.07) is 7.11. The molecule has 0 aliphatic heterocycles. The molecule has 0 saturated carbocycles. The van der Waals surface area contributed by atoms with E-state index in [0.717, 1.165) is 23.7 Å². The minimum Gasteiger partial charge on any atom is -0.480 e. The minimum absolute atomic E-state index is 0.0301. The molecule has 170 valence electrons. The largest absolute Gasteiger partial charge is 0.480 e. The van der Waals surface area contributed by atoms with Crippen LogP contribution >= 0.6 is 11.3 Å². The van der Waals surface area contributed by atoms with E-state index < -0.39 is 27.0 Å². The van der Waals surface area contributed by atoms with Crippen LogP contribution in [0.1, 0.15) is 26.4 Å². The molecule has 2 N–H and O–H groups in total. The molecule has 0 spiro atoms. The lowest BCUT2D eigenvalue weighted by atomic mass is 10.1. The summed E-state index contributed by atoms with van der Waals surface area (Å²) in [4.78, 5) is 15.0. The van der Waals surface area contributed by atoms with Gasteiger partial charge in [0.1, 0.15) is 4.88 Å². The second kappa shape index (κ2) is 8.79. The third kappa shape index (κ3) is 5.02. The highest BCUT2D eigenvalue weighted by Gasteiger charge is 2.33. The van der Waals surface area contributed by atoms with Crippen LogP contribution < -0.4 is 14.8 Å². The molecule has 2 heterocycles. The molecular formula is C20H18F3N3O4S2. The summed E-state index contributed by atoms with van der Waals surface area (Å²) in [7, 11) is -2.94. The van der Waals surface area contributed by atoms with Crippen molar-refractivity contribution < 1.29 is 31.1 Å². The summed E-state index contributed by atoms with van der Waals surface area (Å²) in [5.41, 5.74) is 1.54. The normalized spacial score (nSPS) is 11.8. The second-order valence-electron chi connectivity index (χ2n) is 6.76. The number of alkyl halides is 3. The van der Waals surface area contributed by atoms with E-state index in [1.807, 2.05) is 0 Å². The number of hydrogen-bond acceptors (Lipinski definition) is 6. The van der Waals surface area contributed by atoms with Crippen LogP contribution in [0.4, 0.5) is 24.5 Å². The smallest absolute Gasteiger partial charge is 0.425 e. The van der Waals surface area contributed by atoms with Crippen molar-refractivity contribution in [1.29, 1.82) is 0 Å². The molecule has 7 nitrogen and oxygen atoms in total. The number of thiophene rings is 1. The molecule has 0 fully saturated rings. The first-order valence-corrected chi connectivity index (χ1v) is 11.4. The number of nitrogens with zero attached hydrogens (tertiary/aromatic N) is 1. The quantitative estimate of drug-likeness (QED) is 0.521. The first-order chi connectivity index (χ1) is 14.9. The lowest BCUT2D eigenvalue weighted by Gasteiger charge is -2.15. The predicted molar refractivity (Wildman–Crippen MR) is 115 cm³/mol. The number of aromatic nitrogens is 1. The van der Waals surface area contributed by atoms with Crippen LogP contribution in [0.25, 0.3) is 0 Å². The Labute approximate surface area is 186 Å². The van der Waals surface area contributed by atoms with Gasteiger partial charge in [0.05, 0.1) is 30.2 Å². The highest BCUT2D eigenvalue weighted by Crippen LogP contribution is 2.34. The molecule has 0 aliphatic carbocycles. The van der Waals surface area contributed by atoms with Crippen molar-refractivity contribution in [3.05, 3.63) is 63.5 Å². The summed E-state index contributed by atoms with van der Waals surface area (Å²) in [5.74, 6) is -1.05. The molecule has 0 aliphatic rings. The third-order valence-electron chi connectivity index (χ3n) is 4.42. The summed E-state index contributed by atoms with van der Waals surface area (Å²) < 4.78 is 72.0. The van der Waals surface area contributed by atoms with Crippen molar-refractivity contribution in [1.82, 2.24) is 4.98 Å². The number of hydrogen-bond donors (Lipinski definition) is 2. The van der Waals surface area contributed by atoms with Gasteiger partial charge >= 0.3 is 6.18 Å². The number of aryl methyl sites for hydroxylation is 2. The highest BCUT2D eigenvalue weighted by molar-refractivity contribution is 7.92. The minimum atomic E-state index is -4.56. The van der Waals surface area contributed by atoms with Crippen molar-refractivity contribution in [2.75, 3.05) is 17.1 Å². The van der Waals surface area contributed by atoms with Gasteiger partial charge in [0.2, 0.25) is 5.88 Å². The molecule has 0 radical (unpaired) electrons. The second-order valence-corrected chi connectivity index (χ2v) is 9.32. The summed E-state index contributed by atoms with van der Waals surface area (Å²) in [5, 5.41) is 3.43. The van der Waals surface area contributed by atoms with Crippen LogP contribution in [0.2, 0.25) is 0 Å². The van der Waals surface area contributed by atoms with Gasteiger partial charge < -0.3 is 10.1 Å². The highest BCUT2D eigenvalue weighted by atomic mass is 32.2. The fraction of sp³-hybridized carbons (Fsp3) is 0.200. The predicted octanol–water partition coefficient (Wildman–Crippen LogP) is 4.84. The number of ether oxygens (including phenoxy) is 1. The van der Waals surface area contributed by atoms with E-state index in [-0.39, 0.29) is 22.0 Å². The van der Waals surface area contributed by atoms with Crippen molar-refractivity contribution in [2.45, 2.75) is 24.9 Å². The molecule has 12 heteroatoms. The zero-order chi connectivity index (χ0) is 23.7.